The fourth-order valence-corrected chi connectivity index (χ4v) is 6.11. The standard InChI is InChI=1S/C23H34N6O5S/c1-22(2,3)34-21(30)28-8-6-13(7-9-28)35-10-14-16-17(33-23(4,5)32-16)20(31-14)29-12-27-15-18(24)25-11-26-19(15)29/h11-14,16-17,20H,6-10H2,1-5H3,(H2,24,25,26)/t14-,16?,17+,20-/m1/s1. The second-order valence-electron chi connectivity index (χ2n) is 10.7. The van der Waals surface area contributed by atoms with Crippen molar-refractivity contribution in [3.63, 3.8) is 0 Å². The summed E-state index contributed by atoms with van der Waals surface area (Å²) in [5, 5.41) is 0.437. The lowest BCUT2D eigenvalue weighted by Crippen LogP contribution is -2.42. The molecule has 0 aliphatic carbocycles. The number of amides is 1. The van der Waals surface area contributed by atoms with Crippen molar-refractivity contribution in [2.24, 2.45) is 0 Å². The van der Waals surface area contributed by atoms with Crippen LogP contribution in [0, 0.1) is 0 Å². The van der Waals surface area contributed by atoms with E-state index in [0.717, 1.165) is 18.6 Å². The molecule has 1 unspecified atom stereocenters. The number of likely N-dealkylation sites (tertiary alicyclic amines) is 1. The second-order valence-corrected chi connectivity index (χ2v) is 12.0. The number of ether oxygens (including phenoxy) is 4. The molecule has 5 heterocycles. The monoisotopic (exact) mass is 506 g/mol. The molecule has 4 atom stereocenters. The van der Waals surface area contributed by atoms with Gasteiger partial charge in [-0.2, -0.15) is 11.8 Å². The van der Waals surface area contributed by atoms with Crippen LogP contribution in [0.5, 0.6) is 0 Å². The van der Waals surface area contributed by atoms with Crippen molar-refractivity contribution in [2.75, 3.05) is 24.6 Å². The summed E-state index contributed by atoms with van der Waals surface area (Å²) in [5.74, 6) is 0.388. The zero-order chi connectivity index (χ0) is 25.0. The van der Waals surface area contributed by atoms with E-state index >= 15 is 0 Å². The quantitative estimate of drug-likeness (QED) is 0.661. The Morgan fingerprint density at radius 1 is 1.20 bits per heavy atom. The zero-order valence-electron chi connectivity index (χ0n) is 20.8. The summed E-state index contributed by atoms with van der Waals surface area (Å²) in [6, 6.07) is 0. The number of thioether (sulfide) groups is 1. The topological polar surface area (TPSA) is 127 Å². The maximum absolute atomic E-state index is 12.4. The van der Waals surface area contributed by atoms with Gasteiger partial charge in [0, 0.05) is 24.1 Å². The van der Waals surface area contributed by atoms with Crippen molar-refractivity contribution in [3.8, 4) is 0 Å². The van der Waals surface area contributed by atoms with Gasteiger partial charge in [0.05, 0.1) is 12.4 Å². The van der Waals surface area contributed by atoms with E-state index in [1.54, 1.807) is 11.2 Å². The molecule has 0 radical (unpaired) electrons. The lowest BCUT2D eigenvalue weighted by atomic mass is 10.1. The van der Waals surface area contributed by atoms with Crippen LogP contribution < -0.4 is 5.73 Å². The number of anilines is 1. The Labute approximate surface area is 209 Å². The molecule has 3 fully saturated rings. The van der Waals surface area contributed by atoms with E-state index in [-0.39, 0.29) is 24.4 Å². The molecule has 11 nitrogen and oxygen atoms in total. The summed E-state index contributed by atoms with van der Waals surface area (Å²) >= 11 is 1.87. The Balaban J connectivity index is 1.23. The predicted molar refractivity (Wildman–Crippen MR) is 131 cm³/mol. The number of imidazole rings is 1. The molecule has 5 rings (SSSR count). The highest BCUT2D eigenvalue weighted by Crippen LogP contribution is 2.45. The van der Waals surface area contributed by atoms with E-state index in [1.165, 1.54) is 6.33 Å². The van der Waals surface area contributed by atoms with Crippen LogP contribution in [0.4, 0.5) is 10.6 Å². The van der Waals surface area contributed by atoms with E-state index in [2.05, 4.69) is 15.0 Å². The average molecular weight is 507 g/mol. The molecular formula is C23H34N6O5S. The van der Waals surface area contributed by atoms with Crippen LogP contribution in [0.2, 0.25) is 0 Å². The number of nitrogens with two attached hydrogens (primary N) is 1. The summed E-state index contributed by atoms with van der Waals surface area (Å²) in [6.07, 6.45) is 3.61. The maximum atomic E-state index is 12.4. The number of nitrogens with zero attached hydrogens (tertiary/aromatic N) is 5. The third kappa shape index (κ3) is 5.07. The molecule has 0 aromatic carbocycles. The minimum atomic E-state index is -0.705. The van der Waals surface area contributed by atoms with Crippen LogP contribution in [-0.2, 0) is 18.9 Å². The highest BCUT2D eigenvalue weighted by molar-refractivity contribution is 7.99. The number of nitrogen functional groups attached to an aromatic ring is 1. The first kappa shape index (κ1) is 24.5. The van der Waals surface area contributed by atoms with Gasteiger partial charge in [0.25, 0.3) is 0 Å². The van der Waals surface area contributed by atoms with Gasteiger partial charge < -0.3 is 29.6 Å². The van der Waals surface area contributed by atoms with Gasteiger partial charge in [0.1, 0.15) is 29.7 Å². The molecular weight excluding hydrogens is 472 g/mol. The Morgan fingerprint density at radius 3 is 2.63 bits per heavy atom. The lowest BCUT2D eigenvalue weighted by molar-refractivity contribution is -0.193. The van der Waals surface area contributed by atoms with Crippen LogP contribution >= 0.6 is 11.8 Å². The van der Waals surface area contributed by atoms with E-state index in [1.807, 2.05) is 50.9 Å². The summed E-state index contributed by atoms with van der Waals surface area (Å²) in [6.45, 7) is 10.9. The van der Waals surface area contributed by atoms with Gasteiger partial charge in [0.2, 0.25) is 0 Å². The van der Waals surface area contributed by atoms with E-state index < -0.39 is 17.6 Å². The van der Waals surface area contributed by atoms with Crippen molar-refractivity contribution in [1.29, 1.82) is 0 Å². The van der Waals surface area contributed by atoms with Crippen molar-refractivity contribution >= 4 is 34.8 Å². The Bertz CT molecular complexity index is 1080. The van der Waals surface area contributed by atoms with Crippen molar-refractivity contribution in [3.05, 3.63) is 12.7 Å². The Hall–Kier alpha value is -2.15. The largest absolute Gasteiger partial charge is 0.444 e. The molecule has 2 aromatic heterocycles. The first-order valence-electron chi connectivity index (χ1n) is 12.0. The molecule has 35 heavy (non-hydrogen) atoms. The van der Waals surface area contributed by atoms with Crippen LogP contribution in [0.25, 0.3) is 11.2 Å². The minimum absolute atomic E-state index is 0.155. The summed E-state index contributed by atoms with van der Waals surface area (Å²) in [4.78, 5) is 26.9. The number of fused-ring (bicyclic) bond motifs is 2. The molecule has 2 N–H and O–H groups in total. The number of rotatable bonds is 4. The summed E-state index contributed by atoms with van der Waals surface area (Å²) in [7, 11) is 0. The van der Waals surface area contributed by atoms with Crippen LogP contribution in [0.15, 0.2) is 12.7 Å². The van der Waals surface area contributed by atoms with E-state index in [4.69, 9.17) is 24.7 Å². The molecule has 3 saturated heterocycles. The Morgan fingerprint density at radius 2 is 1.91 bits per heavy atom. The fraction of sp³-hybridized carbons (Fsp3) is 0.739. The van der Waals surface area contributed by atoms with Crippen molar-refractivity contribution in [2.45, 2.75) is 88.6 Å². The van der Waals surface area contributed by atoms with Gasteiger partial charge in [-0.3, -0.25) is 4.57 Å². The number of hydrogen-bond donors (Lipinski definition) is 1. The van der Waals surface area contributed by atoms with Gasteiger partial charge in [-0.1, -0.05) is 0 Å². The number of hydrogen-bond acceptors (Lipinski definition) is 10. The predicted octanol–water partition coefficient (Wildman–Crippen LogP) is 2.96. The molecule has 3 aliphatic rings. The van der Waals surface area contributed by atoms with Crippen LogP contribution in [-0.4, -0.2) is 84.3 Å². The molecule has 12 heteroatoms. The maximum Gasteiger partial charge on any atom is 0.410 e. The molecule has 3 aliphatic heterocycles. The number of aromatic nitrogens is 4. The van der Waals surface area contributed by atoms with Gasteiger partial charge >= 0.3 is 6.09 Å². The van der Waals surface area contributed by atoms with Gasteiger partial charge in [-0.15, -0.1) is 0 Å². The van der Waals surface area contributed by atoms with Crippen molar-refractivity contribution in [1.82, 2.24) is 24.4 Å². The smallest absolute Gasteiger partial charge is 0.410 e. The van der Waals surface area contributed by atoms with Crippen molar-refractivity contribution < 1.29 is 23.7 Å². The minimum Gasteiger partial charge on any atom is -0.444 e. The average Bonchev–Trinajstić information content (AvgIpc) is 3.43. The van der Waals surface area contributed by atoms with Gasteiger partial charge in [-0.25, -0.2) is 19.7 Å². The first-order valence-corrected chi connectivity index (χ1v) is 13.1. The molecule has 0 spiro atoms. The highest BCUT2D eigenvalue weighted by Gasteiger charge is 2.56. The van der Waals surface area contributed by atoms with Crippen LogP contribution in [0.1, 0.15) is 53.7 Å². The SMILES string of the molecule is CC(C)(C)OC(=O)N1CCC(SC[C@H]2O[C@@H](n3cnc4c(N)ncnc43)[C@H]3OC(C)(C)OC23)CC1. The molecule has 192 valence electrons. The summed E-state index contributed by atoms with van der Waals surface area (Å²) < 4.78 is 26.4. The third-order valence-corrected chi connectivity index (χ3v) is 7.84. The van der Waals surface area contributed by atoms with E-state index in [9.17, 15) is 4.79 Å². The zero-order valence-corrected chi connectivity index (χ0v) is 21.7. The van der Waals surface area contributed by atoms with Gasteiger partial charge in [0.15, 0.2) is 23.5 Å². The Kier molecular flexibility index (Phi) is 6.35. The molecule has 0 bridgehead atoms. The van der Waals surface area contributed by atoms with Crippen LogP contribution in [0.3, 0.4) is 0 Å². The molecule has 1 amide bonds. The normalized spacial score (nSPS) is 29.0. The number of carbonyl (C=O) groups is 1. The number of piperidine rings is 1. The fourth-order valence-electron chi connectivity index (χ4n) is 4.84. The summed E-state index contributed by atoms with van der Waals surface area (Å²) in [5.41, 5.74) is 6.64. The molecule has 0 saturated carbocycles. The third-order valence-electron chi connectivity index (χ3n) is 6.38. The number of carbonyl (C=O) groups excluding carboxylic acids is 1. The first-order chi connectivity index (χ1) is 16.5. The molecule has 2 aromatic rings. The van der Waals surface area contributed by atoms with E-state index in [0.29, 0.717) is 35.3 Å². The second kappa shape index (κ2) is 9.06. The lowest BCUT2D eigenvalue weighted by Gasteiger charge is -2.33. The van der Waals surface area contributed by atoms with Gasteiger partial charge in [-0.05, 0) is 47.5 Å². The highest BCUT2D eigenvalue weighted by atomic mass is 32.2.